The maximum atomic E-state index is 14.4. The molecule has 0 spiro atoms. The zero-order valence-electron chi connectivity index (χ0n) is 12.1. The highest BCUT2D eigenvalue weighted by atomic mass is 32.1. The quantitative estimate of drug-likeness (QED) is 0.941. The molecule has 3 rings (SSSR count). The van der Waals surface area contributed by atoms with Crippen molar-refractivity contribution in [3.05, 3.63) is 51.2 Å². The summed E-state index contributed by atoms with van der Waals surface area (Å²) in [5.41, 5.74) is 0.450. The Bertz CT molecular complexity index is 707. The molecule has 1 aromatic carbocycles. The molecule has 4 nitrogen and oxygen atoms in total. The zero-order chi connectivity index (χ0) is 15.7. The Kier molecular flexibility index (Phi) is 3.97. The average molecular weight is 321 g/mol. The van der Waals surface area contributed by atoms with Gasteiger partial charge in [-0.1, -0.05) is 18.2 Å². The van der Waals surface area contributed by atoms with Gasteiger partial charge in [-0.15, -0.1) is 11.3 Å². The molecule has 0 amide bonds. The van der Waals surface area contributed by atoms with Gasteiger partial charge in [-0.3, -0.25) is 0 Å². The number of carboxylic acids is 1. The molecule has 1 N–H and O–H groups in total. The highest BCUT2D eigenvalue weighted by molar-refractivity contribution is 7.13. The summed E-state index contributed by atoms with van der Waals surface area (Å²) in [6.07, 6.45) is 1.19. The Morgan fingerprint density at radius 3 is 2.64 bits per heavy atom. The Hall–Kier alpha value is -1.79. The first kappa shape index (κ1) is 15.1. The molecule has 0 bridgehead atoms. The van der Waals surface area contributed by atoms with Crippen molar-refractivity contribution in [3.63, 3.8) is 0 Å². The van der Waals surface area contributed by atoms with Crippen LogP contribution in [-0.2, 0) is 10.2 Å². The number of benzene rings is 1. The van der Waals surface area contributed by atoms with E-state index in [2.05, 4.69) is 4.98 Å². The van der Waals surface area contributed by atoms with E-state index >= 15 is 0 Å². The molecule has 0 radical (unpaired) electrons. The van der Waals surface area contributed by atoms with Crippen LogP contribution in [0.5, 0.6) is 0 Å². The Morgan fingerprint density at radius 1 is 1.36 bits per heavy atom. The van der Waals surface area contributed by atoms with Gasteiger partial charge in [-0.05, 0) is 25.8 Å². The van der Waals surface area contributed by atoms with Gasteiger partial charge in [0, 0.05) is 18.8 Å². The zero-order valence-corrected chi connectivity index (χ0v) is 13.0. The average Bonchev–Trinajstić information content (AvgIpc) is 2.91. The highest BCUT2D eigenvalue weighted by Crippen LogP contribution is 2.44. The fraction of sp³-hybridized carbons (Fsp3) is 0.375. The van der Waals surface area contributed by atoms with Crippen LogP contribution in [0.25, 0.3) is 0 Å². The summed E-state index contributed by atoms with van der Waals surface area (Å²) in [5, 5.41) is 9.92. The van der Waals surface area contributed by atoms with E-state index in [4.69, 9.17) is 4.74 Å². The van der Waals surface area contributed by atoms with Crippen molar-refractivity contribution in [2.75, 3.05) is 13.2 Å². The number of thiazole rings is 1. The van der Waals surface area contributed by atoms with Crippen LogP contribution in [0.3, 0.4) is 0 Å². The van der Waals surface area contributed by atoms with Gasteiger partial charge in [0.1, 0.15) is 15.7 Å². The fourth-order valence-corrected chi connectivity index (χ4v) is 4.13. The van der Waals surface area contributed by atoms with Crippen LogP contribution in [-0.4, -0.2) is 29.3 Å². The molecule has 2 aromatic rings. The monoisotopic (exact) mass is 321 g/mol. The number of aromatic carboxylic acids is 1. The van der Waals surface area contributed by atoms with Crippen molar-refractivity contribution in [2.24, 2.45) is 0 Å². The molecule has 0 atom stereocenters. The van der Waals surface area contributed by atoms with E-state index in [-0.39, 0.29) is 10.7 Å². The predicted octanol–water partition coefficient (Wildman–Crippen LogP) is 3.39. The fourth-order valence-electron chi connectivity index (χ4n) is 2.97. The van der Waals surface area contributed by atoms with Crippen molar-refractivity contribution < 1.29 is 19.0 Å². The summed E-state index contributed by atoms with van der Waals surface area (Å²) in [7, 11) is 0. The van der Waals surface area contributed by atoms with Crippen LogP contribution in [0.1, 0.15) is 38.8 Å². The summed E-state index contributed by atoms with van der Waals surface area (Å²) in [6, 6.07) is 6.65. The van der Waals surface area contributed by atoms with Gasteiger partial charge in [-0.2, -0.15) is 0 Å². The van der Waals surface area contributed by atoms with Crippen LogP contribution < -0.4 is 0 Å². The van der Waals surface area contributed by atoms with Crippen molar-refractivity contribution in [3.8, 4) is 0 Å². The van der Waals surface area contributed by atoms with Gasteiger partial charge in [0.2, 0.25) is 0 Å². The molecule has 1 aromatic heterocycles. The van der Waals surface area contributed by atoms with E-state index in [0.29, 0.717) is 42.3 Å². The lowest BCUT2D eigenvalue weighted by atomic mass is 9.74. The summed E-state index contributed by atoms with van der Waals surface area (Å²) in [4.78, 5) is 16.0. The number of nitrogens with zero attached hydrogens (tertiary/aromatic N) is 1. The predicted molar refractivity (Wildman–Crippen MR) is 81.0 cm³/mol. The molecule has 22 heavy (non-hydrogen) atoms. The van der Waals surface area contributed by atoms with Crippen LogP contribution in [0.4, 0.5) is 4.39 Å². The van der Waals surface area contributed by atoms with Crippen molar-refractivity contribution in [2.45, 2.75) is 25.2 Å². The lowest BCUT2D eigenvalue weighted by Gasteiger charge is -2.36. The number of aromatic nitrogens is 1. The van der Waals surface area contributed by atoms with Gasteiger partial charge in [0.15, 0.2) is 0 Å². The van der Waals surface area contributed by atoms with Crippen molar-refractivity contribution in [1.82, 2.24) is 4.98 Å². The molecule has 1 aliphatic rings. The number of ether oxygens (including phenoxy) is 1. The second kappa shape index (κ2) is 5.78. The second-order valence-corrected chi connectivity index (χ2v) is 6.41. The summed E-state index contributed by atoms with van der Waals surface area (Å²) >= 11 is 1.14. The number of halogens is 1. The molecule has 6 heteroatoms. The minimum atomic E-state index is -0.989. The number of rotatable bonds is 3. The van der Waals surface area contributed by atoms with Gasteiger partial charge in [0.05, 0.1) is 11.1 Å². The van der Waals surface area contributed by atoms with Crippen LogP contribution >= 0.6 is 11.3 Å². The third-order valence-corrected chi connectivity index (χ3v) is 5.49. The second-order valence-electron chi connectivity index (χ2n) is 5.41. The van der Waals surface area contributed by atoms with Gasteiger partial charge in [0.25, 0.3) is 0 Å². The van der Waals surface area contributed by atoms with E-state index < -0.39 is 11.4 Å². The lowest BCUT2D eigenvalue weighted by molar-refractivity contribution is 0.0619. The van der Waals surface area contributed by atoms with Crippen LogP contribution in [0, 0.1) is 12.7 Å². The Balaban J connectivity index is 2.17. The van der Waals surface area contributed by atoms with E-state index in [9.17, 15) is 14.3 Å². The Morgan fingerprint density at radius 2 is 2.05 bits per heavy atom. The lowest BCUT2D eigenvalue weighted by Crippen LogP contribution is -2.35. The maximum Gasteiger partial charge on any atom is 0.347 e. The van der Waals surface area contributed by atoms with Crippen molar-refractivity contribution >= 4 is 17.3 Å². The largest absolute Gasteiger partial charge is 0.477 e. The molecule has 116 valence electrons. The van der Waals surface area contributed by atoms with Gasteiger partial charge < -0.3 is 9.84 Å². The van der Waals surface area contributed by atoms with Crippen LogP contribution in [0.15, 0.2) is 24.3 Å². The summed E-state index contributed by atoms with van der Waals surface area (Å²) < 4.78 is 19.8. The summed E-state index contributed by atoms with van der Waals surface area (Å²) in [5.74, 6) is -1.27. The first-order valence-electron chi connectivity index (χ1n) is 7.08. The molecule has 0 saturated carbocycles. The first-order valence-corrected chi connectivity index (χ1v) is 7.90. The molecule has 0 unspecified atom stereocenters. The van der Waals surface area contributed by atoms with Crippen LogP contribution in [0.2, 0.25) is 0 Å². The molecular formula is C16H16FNO3S. The smallest absolute Gasteiger partial charge is 0.347 e. The maximum absolute atomic E-state index is 14.4. The van der Waals surface area contributed by atoms with E-state index in [1.54, 1.807) is 25.1 Å². The first-order chi connectivity index (χ1) is 10.5. The molecule has 1 aliphatic heterocycles. The molecule has 1 saturated heterocycles. The van der Waals surface area contributed by atoms with E-state index in [1.165, 1.54) is 6.07 Å². The molecule has 2 heterocycles. The number of hydrogen-bond acceptors (Lipinski definition) is 4. The number of hydrogen-bond donors (Lipinski definition) is 1. The molecule has 0 aliphatic carbocycles. The normalized spacial score (nSPS) is 17.4. The van der Waals surface area contributed by atoms with E-state index in [1.807, 2.05) is 0 Å². The van der Waals surface area contributed by atoms with Gasteiger partial charge >= 0.3 is 5.97 Å². The number of carboxylic acid groups (broad SMARTS) is 1. The minimum Gasteiger partial charge on any atom is -0.477 e. The molecular weight excluding hydrogens is 305 g/mol. The SMILES string of the molecule is Cc1nc(C2(c3ccccc3F)CCOCC2)sc1C(=O)O. The van der Waals surface area contributed by atoms with Crippen molar-refractivity contribution in [1.29, 1.82) is 0 Å². The third-order valence-electron chi connectivity index (χ3n) is 4.14. The number of carbonyl (C=O) groups is 1. The highest BCUT2D eigenvalue weighted by Gasteiger charge is 2.41. The van der Waals surface area contributed by atoms with E-state index in [0.717, 1.165) is 11.3 Å². The minimum absolute atomic E-state index is 0.220. The summed E-state index contributed by atoms with van der Waals surface area (Å²) in [6.45, 7) is 2.70. The Labute approximate surface area is 131 Å². The van der Waals surface area contributed by atoms with Gasteiger partial charge in [-0.25, -0.2) is 14.2 Å². The third kappa shape index (κ3) is 2.42. The molecule has 1 fully saturated rings. The number of aryl methyl sites for hydroxylation is 1. The standard InChI is InChI=1S/C16H16FNO3S/c1-10-13(14(19)20)22-15(18-10)16(6-8-21-9-7-16)11-4-2-3-5-12(11)17/h2-5H,6-9H2,1H3,(H,19,20). The topological polar surface area (TPSA) is 59.4 Å².